The molecule has 0 aliphatic carbocycles. The van der Waals surface area contributed by atoms with Crippen LogP contribution in [0.4, 0.5) is 27.6 Å². The van der Waals surface area contributed by atoms with Crippen LogP contribution >= 0.6 is 0 Å². The molecule has 0 saturated carbocycles. The number of carboxylic acid groups (broad SMARTS) is 1. The Labute approximate surface area is 113 Å². The number of anilines is 1. The zero-order valence-electron chi connectivity index (χ0n) is 9.92. The van der Waals surface area contributed by atoms with Gasteiger partial charge in [0.05, 0.1) is 28.7 Å². The van der Waals surface area contributed by atoms with E-state index in [0.29, 0.717) is 0 Å². The van der Waals surface area contributed by atoms with Crippen molar-refractivity contribution in [3.05, 3.63) is 46.9 Å². The lowest BCUT2D eigenvalue weighted by atomic mass is 10.0. The molecule has 110 valence electrons. The van der Waals surface area contributed by atoms with Crippen molar-refractivity contribution in [2.24, 2.45) is 0 Å². The number of carbonyl (C=O) groups is 1. The minimum atomic E-state index is -2.35. The van der Waals surface area contributed by atoms with Crippen molar-refractivity contribution < 1.29 is 31.9 Å². The second kappa shape index (κ2) is 5.00. The summed E-state index contributed by atoms with van der Waals surface area (Å²) in [5, 5.41) is 8.92. The fraction of sp³-hybridized carbons (Fsp3) is 0. The molecule has 0 fully saturated rings. The highest BCUT2D eigenvalue weighted by Gasteiger charge is 2.29. The number of benzene rings is 1. The molecule has 3 N–H and O–H groups in total. The molecule has 0 bridgehead atoms. The van der Waals surface area contributed by atoms with Gasteiger partial charge in [-0.05, 0) is 6.07 Å². The summed E-state index contributed by atoms with van der Waals surface area (Å²) >= 11 is 0. The van der Waals surface area contributed by atoms with Crippen molar-refractivity contribution in [3.63, 3.8) is 0 Å². The first-order valence-electron chi connectivity index (χ1n) is 5.26. The number of nitrogens with two attached hydrogens (primary N) is 1. The van der Waals surface area contributed by atoms with E-state index < -0.39 is 51.9 Å². The molecule has 1 aromatic heterocycles. The third kappa shape index (κ3) is 2.26. The predicted octanol–water partition coefficient (Wildman–Crippen LogP) is 2.72. The lowest BCUT2D eigenvalue weighted by Crippen LogP contribution is -2.09. The molecule has 2 rings (SSSR count). The standard InChI is InChI=1S/C12H5F5N2O2/c13-6-5(7(14)9(16)10(17)8(6)15)11-4(12(20)21)1-3(18)2-19-11/h1-2H,18H2,(H,20,21). The Hall–Kier alpha value is -2.71. The summed E-state index contributed by atoms with van der Waals surface area (Å²) in [6.07, 6.45) is 0.833. The summed E-state index contributed by atoms with van der Waals surface area (Å²) in [7, 11) is 0. The third-order valence-electron chi connectivity index (χ3n) is 2.59. The van der Waals surface area contributed by atoms with Gasteiger partial charge in [-0.15, -0.1) is 0 Å². The summed E-state index contributed by atoms with van der Waals surface area (Å²) in [6, 6.07) is 0.794. The van der Waals surface area contributed by atoms with Gasteiger partial charge in [0.2, 0.25) is 5.82 Å². The van der Waals surface area contributed by atoms with Crippen molar-refractivity contribution in [2.75, 3.05) is 5.73 Å². The Kier molecular flexibility index (Phi) is 3.50. The van der Waals surface area contributed by atoms with Gasteiger partial charge in [0.1, 0.15) is 0 Å². The van der Waals surface area contributed by atoms with Gasteiger partial charge >= 0.3 is 5.97 Å². The van der Waals surface area contributed by atoms with Crippen molar-refractivity contribution in [2.45, 2.75) is 0 Å². The van der Waals surface area contributed by atoms with Crippen LogP contribution in [0.25, 0.3) is 11.3 Å². The first-order valence-corrected chi connectivity index (χ1v) is 5.26. The molecule has 0 spiro atoms. The number of hydrogen-bond donors (Lipinski definition) is 2. The average molecular weight is 304 g/mol. The molecule has 0 unspecified atom stereocenters. The van der Waals surface area contributed by atoms with Crippen molar-refractivity contribution in [3.8, 4) is 11.3 Å². The minimum absolute atomic E-state index is 0.153. The fourth-order valence-corrected chi connectivity index (χ4v) is 1.66. The monoisotopic (exact) mass is 304 g/mol. The van der Waals surface area contributed by atoms with E-state index in [9.17, 15) is 26.7 Å². The summed E-state index contributed by atoms with van der Waals surface area (Å²) < 4.78 is 66.5. The molecule has 0 aliphatic heterocycles. The van der Waals surface area contributed by atoms with E-state index in [4.69, 9.17) is 10.8 Å². The molecular weight excluding hydrogens is 299 g/mol. The largest absolute Gasteiger partial charge is 0.478 e. The van der Waals surface area contributed by atoms with E-state index in [1.54, 1.807) is 0 Å². The smallest absolute Gasteiger partial charge is 0.337 e. The van der Waals surface area contributed by atoms with Gasteiger partial charge in [-0.2, -0.15) is 0 Å². The summed E-state index contributed by atoms with van der Waals surface area (Å²) in [5.41, 5.74) is 2.00. The molecule has 0 saturated heterocycles. The zero-order valence-corrected chi connectivity index (χ0v) is 9.92. The lowest BCUT2D eigenvalue weighted by molar-refractivity contribution is 0.0697. The van der Waals surface area contributed by atoms with Gasteiger partial charge in [0, 0.05) is 0 Å². The highest BCUT2D eigenvalue weighted by molar-refractivity contribution is 5.95. The fourth-order valence-electron chi connectivity index (χ4n) is 1.66. The van der Waals surface area contributed by atoms with Gasteiger partial charge in [-0.3, -0.25) is 4.98 Å². The van der Waals surface area contributed by atoms with Crippen LogP contribution in [0.15, 0.2) is 12.3 Å². The summed E-state index contributed by atoms with van der Waals surface area (Å²) in [4.78, 5) is 14.4. The SMILES string of the molecule is Nc1cnc(-c2c(F)c(F)c(F)c(F)c2F)c(C(=O)O)c1. The summed E-state index contributed by atoms with van der Waals surface area (Å²) in [5.74, 6) is -12.8. The van der Waals surface area contributed by atoms with E-state index in [0.717, 1.165) is 12.3 Å². The molecule has 0 atom stereocenters. The third-order valence-corrected chi connectivity index (χ3v) is 2.59. The molecule has 0 aliphatic rings. The normalized spacial score (nSPS) is 10.7. The van der Waals surface area contributed by atoms with E-state index in [-0.39, 0.29) is 5.69 Å². The van der Waals surface area contributed by atoms with Crippen molar-refractivity contribution >= 4 is 11.7 Å². The Balaban J connectivity index is 2.89. The Morgan fingerprint density at radius 1 is 1.00 bits per heavy atom. The number of pyridine rings is 1. The van der Waals surface area contributed by atoms with Crippen LogP contribution in [0.2, 0.25) is 0 Å². The number of nitrogen functional groups attached to an aromatic ring is 1. The maximum absolute atomic E-state index is 13.6. The highest BCUT2D eigenvalue weighted by atomic mass is 19.2. The van der Waals surface area contributed by atoms with Gasteiger partial charge in [0.15, 0.2) is 23.3 Å². The molecular formula is C12H5F5N2O2. The lowest BCUT2D eigenvalue weighted by Gasteiger charge is -2.10. The van der Waals surface area contributed by atoms with Crippen molar-refractivity contribution in [1.29, 1.82) is 0 Å². The van der Waals surface area contributed by atoms with E-state index in [1.165, 1.54) is 0 Å². The van der Waals surface area contributed by atoms with Gasteiger partial charge in [0.25, 0.3) is 0 Å². The number of carboxylic acids is 1. The molecule has 4 nitrogen and oxygen atoms in total. The number of aromatic carboxylic acids is 1. The zero-order chi connectivity index (χ0) is 15.9. The number of aromatic nitrogens is 1. The summed E-state index contributed by atoms with van der Waals surface area (Å²) in [6.45, 7) is 0. The molecule has 1 aromatic carbocycles. The van der Waals surface area contributed by atoms with Gasteiger partial charge < -0.3 is 10.8 Å². The van der Waals surface area contributed by atoms with Gasteiger partial charge in [-0.1, -0.05) is 0 Å². The topological polar surface area (TPSA) is 76.2 Å². The number of nitrogens with zero attached hydrogens (tertiary/aromatic N) is 1. The van der Waals surface area contributed by atoms with E-state index in [2.05, 4.69) is 4.98 Å². The quantitative estimate of drug-likeness (QED) is 0.508. The maximum atomic E-state index is 13.6. The van der Waals surface area contributed by atoms with E-state index >= 15 is 0 Å². The molecule has 0 radical (unpaired) electrons. The maximum Gasteiger partial charge on any atom is 0.337 e. The average Bonchev–Trinajstić information content (AvgIpc) is 2.44. The van der Waals surface area contributed by atoms with E-state index in [1.807, 2.05) is 0 Å². The Morgan fingerprint density at radius 3 is 1.95 bits per heavy atom. The molecule has 2 aromatic rings. The van der Waals surface area contributed by atoms with Crippen LogP contribution in [0.3, 0.4) is 0 Å². The second-order valence-corrected chi connectivity index (χ2v) is 3.91. The molecule has 9 heteroatoms. The number of hydrogen-bond acceptors (Lipinski definition) is 3. The molecule has 1 heterocycles. The second-order valence-electron chi connectivity index (χ2n) is 3.91. The Bertz CT molecular complexity index is 735. The highest BCUT2D eigenvalue weighted by Crippen LogP contribution is 2.32. The van der Waals surface area contributed by atoms with Crippen LogP contribution in [0, 0.1) is 29.1 Å². The van der Waals surface area contributed by atoms with Gasteiger partial charge in [-0.25, -0.2) is 26.7 Å². The van der Waals surface area contributed by atoms with Crippen LogP contribution in [0.1, 0.15) is 10.4 Å². The van der Waals surface area contributed by atoms with Crippen molar-refractivity contribution in [1.82, 2.24) is 4.98 Å². The number of halogens is 5. The molecule has 21 heavy (non-hydrogen) atoms. The van der Waals surface area contributed by atoms with Crippen LogP contribution in [-0.4, -0.2) is 16.1 Å². The molecule has 0 amide bonds. The Morgan fingerprint density at radius 2 is 1.48 bits per heavy atom. The predicted molar refractivity (Wildman–Crippen MR) is 60.8 cm³/mol. The first-order chi connectivity index (χ1) is 9.75. The van der Waals surface area contributed by atoms with Crippen LogP contribution in [0.5, 0.6) is 0 Å². The minimum Gasteiger partial charge on any atom is -0.478 e. The first kappa shape index (κ1) is 14.7. The van der Waals surface area contributed by atoms with Crippen LogP contribution < -0.4 is 5.73 Å². The van der Waals surface area contributed by atoms with Crippen LogP contribution in [-0.2, 0) is 0 Å². The number of rotatable bonds is 2.